The molecular formula is C73H53N. The van der Waals surface area contributed by atoms with Crippen LogP contribution < -0.4 is 4.90 Å². The number of fused-ring (bicyclic) bond motifs is 16. The molecule has 0 heterocycles. The SMILES string of the molecule is CC1(C)c2ccccc2-c2cc(-c3cccc(N(c4ccc(-c5ccc6c(c5)-c5ccccc5C65c6ccccc6-c6ccccc65)cc4)c4ccccc4-c4cccc5c4-c4ccccc4C5(C)C)c3)ccc21. The number of hydrogen-bond donors (Lipinski definition) is 0. The number of anilines is 3. The number of rotatable bonds is 6. The van der Waals surface area contributed by atoms with Crippen LogP contribution in [0.25, 0.3) is 77.9 Å². The molecule has 0 atom stereocenters. The Kier molecular flexibility index (Phi) is 9.04. The monoisotopic (exact) mass is 943 g/mol. The summed E-state index contributed by atoms with van der Waals surface area (Å²) >= 11 is 0. The van der Waals surface area contributed by atoms with Crippen molar-refractivity contribution >= 4 is 17.1 Å². The van der Waals surface area contributed by atoms with E-state index >= 15 is 0 Å². The molecule has 1 spiro atoms. The highest BCUT2D eigenvalue weighted by atomic mass is 15.1. The third-order valence-corrected chi connectivity index (χ3v) is 17.5. The van der Waals surface area contributed by atoms with Gasteiger partial charge in [0.2, 0.25) is 0 Å². The normalized spacial score (nSPS) is 14.8. The standard InChI is InChI=1S/C73H53N/c1-71(2)61-28-11-5-23-54(61)59-45-49(37-41-63(59)71)47-19-17-20-51(43-47)74(69-34-16-10-25-56(69)57-27-18-33-68-70(57)58-26-9-12-29-62(58)72(68,3)4)50-39-35-46(36-40-50)48-38-42-67-60(44-48)55-24-8-15-32-66(55)73(67)64-30-13-6-21-52(64)53-22-7-14-31-65(53)73/h5-45H,1-4H3. The van der Waals surface area contributed by atoms with Gasteiger partial charge in [0, 0.05) is 27.8 Å². The largest absolute Gasteiger partial charge is 0.310 e. The van der Waals surface area contributed by atoms with Gasteiger partial charge in [-0.2, -0.15) is 0 Å². The summed E-state index contributed by atoms with van der Waals surface area (Å²) in [6, 6.07) is 93.9. The topological polar surface area (TPSA) is 3.24 Å². The third-order valence-electron chi connectivity index (χ3n) is 17.5. The maximum absolute atomic E-state index is 2.48. The Morgan fingerprint density at radius 3 is 1.28 bits per heavy atom. The van der Waals surface area contributed by atoms with Gasteiger partial charge in [-0.05, 0) is 159 Å². The second kappa shape index (κ2) is 15.6. The van der Waals surface area contributed by atoms with Gasteiger partial charge in [0.15, 0.2) is 0 Å². The van der Waals surface area contributed by atoms with Gasteiger partial charge in [-0.25, -0.2) is 0 Å². The molecule has 0 radical (unpaired) electrons. The molecule has 0 aliphatic heterocycles. The summed E-state index contributed by atoms with van der Waals surface area (Å²) in [7, 11) is 0. The summed E-state index contributed by atoms with van der Waals surface area (Å²) in [6.07, 6.45) is 0. The Balaban J connectivity index is 0.881. The molecule has 1 heteroatoms. The minimum atomic E-state index is -0.360. The van der Waals surface area contributed by atoms with E-state index in [-0.39, 0.29) is 16.2 Å². The van der Waals surface area contributed by atoms with Crippen molar-refractivity contribution in [2.45, 2.75) is 43.9 Å². The summed E-state index contributed by atoms with van der Waals surface area (Å²) in [5.74, 6) is 0. The van der Waals surface area contributed by atoms with Crippen LogP contribution in [-0.2, 0) is 16.2 Å². The predicted octanol–water partition coefficient (Wildman–Crippen LogP) is 19.1. The first-order valence-electron chi connectivity index (χ1n) is 26.2. The van der Waals surface area contributed by atoms with Gasteiger partial charge in [0.25, 0.3) is 0 Å². The summed E-state index contributed by atoms with van der Waals surface area (Å²) in [5.41, 5.74) is 31.6. The van der Waals surface area contributed by atoms with Gasteiger partial charge in [-0.15, -0.1) is 0 Å². The Labute approximate surface area is 434 Å². The highest BCUT2D eigenvalue weighted by Crippen LogP contribution is 2.63. The molecule has 11 aromatic rings. The Hall–Kier alpha value is -8.78. The second-order valence-electron chi connectivity index (χ2n) is 21.9. The quantitative estimate of drug-likeness (QED) is 0.161. The summed E-state index contributed by atoms with van der Waals surface area (Å²) in [5, 5.41) is 0. The molecule has 0 bridgehead atoms. The lowest BCUT2D eigenvalue weighted by Gasteiger charge is -2.30. The van der Waals surface area contributed by atoms with E-state index in [1.54, 1.807) is 0 Å². The van der Waals surface area contributed by atoms with Crippen LogP contribution >= 0.6 is 0 Å². The maximum atomic E-state index is 2.48. The number of benzene rings is 11. The van der Waals surface area contributed by atoms with Gasteiger partial charge in [-0.1, -0.05) is 234 Å². The fraction of sp³-hybridized carbons (Fsp3) is 0.0959. The Morgan fingerprint density at radius 1 is 0.243 bits per heavy atom. The van der Waals surface area contributed by atoms with E-state index in [2.05, 4.69) is 281 Å². The number of hydrogen-bond acceptors (Lipinski definition) is 1. The van der Waals surface area contributed by atoms with Gasteiger partial charge in [0.1, 0.15) is 0 Å². The zero-order valence-electron chi connectivity index (χ0n) is 42.1. The van der Waals surface area contributed by atoms with E-state index in [0.717, 1.165) is 17.1 Å². The molecule has 0 saturated carbocycles. The van der Waals surface area contributed by atoms with Crippen LogP contribution in [0.2, 0.25) is 0 Å². The van der Waals surface area contributed by atoms with E-state index in [4.69, 9.17) is 0 Å². The summed E-state index contributed by atoms with van der Waals surface area (Å²) < 4.78 is 0. The lowest BCUT2D eigenvalue weighted by molar-refractivity contribution is 0.660. The zero-order chi connectivity index (χ0) is 49.5. The molecule has 0 aromatic heterocycles. The average molecular weight is 944 g/mol. The second-order valence-corrected chi connectivity index (χ2v) is 21.9. The van der Waals surface area contributed by atoms with Gasteiger partial charge in [-0.3, -0.25) is 0 Å². The lowest BCUT2D eigenvalue weighted by Crippen LogP contribution is -2.25. The van der Waals surface area contributed by atoms with Crippen molar-refractivity contribution < 1.29 is 0 Å². The number of para-hydroxylation sites is 1. The zero-order valence-corrected chi connectivity index (χ0v) is 42.1. The van der Waals surface area contributed by atoms with Crippen molar-refractivity contribution in [3.63, 3.8) is 0 Å². The Morgan fingerprint density at radius 2 is 0.635 bits per heavy atom. The minimum absolute atomic E-state index is 0.0484. The van der Waals surface area contributed by atoms with Crippen LogP contribution in [0.3, 0.4) is 0 Å². The number of nitrogens with zero attached hydrogens (tertiary/aromatic N) is 1. The van der Waals surface area contributed by atoms with Crippen molar-refractivity contribution in [3.8, 4) is 77.9 Å². The van der Waals surface area contributed by atoms with Crippen LogP contribution in [0, 0.1) is 0 Å². The Bertz CT molecular complexity index is 4100. The first-order valence-corrected chi connectivity index (χ1v) is 26.2. The average Bonchev–Trinajstić information content (AvgIpc) is 4.15. The molecule has 0 saturated heterocycles. The molecule has 11 aromatic carbocycles. The van der Waals surface area contributed by atoms with E-state index in [9.17, 15) is 0 Å². The first kappa shape index (κ1) is 42.9. The fourth-order valence-electron chi connectivity index (χ4n) is 14.1. The summed E-state index contributed by atoms with van der Waals surface area (Å²) in [6.45, 7) is 9.45. The molecule has 74 heavy (non-hydrogen) atoms. The van der Waals surface area contributed by atoms with E-state index in [1.807, 2.05) is 0 Å². The highest BCUT2D eigenvalue weighted by molar-refractivity contribution is 6.00. The van der Waals surface area contributed by atoms with Crippen LogP contribution in [0.15, 0.2) is 249 Å². The van der Waals surface area contributed by atoms with Crippen molar-refractivity contribution in [2.24, 2.45) is 0 Å². The van der Waals surface area contributed by atoms with Crippen molar-refractivity contribution in [3.05, 3.63) is 293 Å². The minimum Gasteiger partial charge on any atom is -0.310 e. The third kappa shape index (κ3) is 5.81. The van der Waals surface area contributed by atoms with Crippen LogP contribution in [-0.4, -0.2) is 0 Å². The van der Waals surface area contributed by atoms with Crippen molar-refractivity contribution in [2.75, 3.05) is 4.90 Å². The van der Waals surface area contributed by atoms with Crippen LogP contribution in [0.1, 0.15) is 72.2 Å². The highest BCUT2D eigenvalue weighted by Gasteiger charge is 2.51. The molecule has 0 N–H and O–H groups in total. The molecule has 0 unspecified atom stereocenters. The van der Waals surface area contributed by atoms with Gasteiger partial charge < -0.3 is 4.90 Å². The van der Waals surface area contributed by atoms with Crippen molar-refractivity contribution in [1.29, 1.82) is 0 Å². The van der Waals surface area contributed by atoms with Crippen LogP contribution in [0.5, 0.6) is 0 Å². The first-order chi connectivity index (χ1) is 36.2. The maximum Gasteiger partial charge on any atom is 0.0725 e. The predicted molar refractivity (Wildman–Crippen MR) is 309 cm³/mol. The van der Waals surface area contributed by atoms with Gasteiger partial charge in [0.05, 0.1) is 11.1 Å². The summed E-state index contributed by atoms with van der Waals surface area (Å²) in [4.78, 5) is 2.48. The fourth-order valence-corrected chi connectivity index (χ4v) is 14.1. The molecule has 4 aliphatic carbocycles. The van der Waals surface area contributed by atoms with Crippen LogP contribution in [0.4, 0.5) is 17.1 Å². The van der Waals surface area contributed by atoms with Gasteiger partial charge >= 0.3 is 0 Å². The lowest BCUT2D eigenvalue weighted by atomic mass is 9.70. The molecule has 350 valence electrons. The van der Waals surface area contributed by atoms with Crippen molar-refractivity contribution in [1.82, 2.24) is 0 Å². The molecule has 0 amide bonds. The molecule has 4 aliphatic rings. The molecule has 15 rings (SSSR count). The smallest absolute Gasteiger partial charge is 0.0725 e. The van der Waals surface area contributed by atoms with E-state index in [0.29, 0.717) is 0 Å². The molecule has 0 fully saturated rings. The molecule has 1 nitrogen and oxygen atoms in total. The van der Waals surface area contributed by atoms with E-state index in [1.165, 1.54) is 122 Å². The molecular weight excluding hydrogens is 891 g/mol. The van der Waals surface area contributed by atoms with E-state index < -0.39 is 0 Å².